The maximum atomic E-state index is 12.7. The van der Waals surface area contributed by atoms with E-state index < -0.39 is 11.4 Å². The molecule has 2 N–H and O–H groups in total. The Kier molecular flexibility index (Phi) is 6.43. The van der Waals surface area contributed by atoms with Gasteiger partial charge in [0.15, 0.2) is 6.23 Å². The van der Waals surface area contributed by atoms with Crippen molar-refractivity contribution in [3.8, 4) is 12.3 Å². The van der Waals surface area contributed by atoms with Crippen LogP contribution in [-0.2, 0) is 16.0 Å². The highest BCUT2D eigenvalue weighted by Gasteiger charge is 2.20. The second-order valence-corrected chi connectivity index (χ2v) is 8.68. The van der Waals surface area contributed by atoms with Gasteiger partial charge in [0.05, 0.1) is 23.7 Å². The standard InChI is InChI=1S/C25H27N5O3/c1-4-25(2,3)29-24(32)20-15-19(10-11-26-20)28-22(31)14-17-8-9-18-16-27-30(21(18)13-17)23-7-5-6-12-33-23/h1,8-11,13,15-16,23H,5-7,12,14H2,2-3H3,(H,29,32)(H,26,28,31). The second-order valence-electron chi connectivity index (χ2n) is 8.68. The van der Waals surface area contributed by atoms with E-state index in [1.807, 2.05) is 29.1 Å². The molecule has 4 rings (SSSR count). The third-order valence-corrected chi connectivity index (χ3v) is 5.52. The predicted molar refractivity (Wildman–Crippen MR) is 126 cm³/mol. The van der Waals surface area contributed by atoms with Crippen LogP contribution in [-0.4, -0.2) is 38.7 Å². The maximum Gasteiger partial charge on any atom is 0.271 e. The molecule has 2 amide bonds. The van der Waals surface area contributed by atoms with Gasteiger partial charge in [-0.05, 0) is 56.9 Å². The van der Waals surface area contributed by atoms with Gasteiger partial charge in [0.2, 0.25) is 5.91 Å². The highest BCUT2D eigenvalue weighted by molar-refractivity contribution is 5.97. The van der Waals surface area contributed by atoms with Crippen LogP contribution in [0.2, 0.25) is 0 Å². The third kappa shape index (κ3) is 5.38. The first-order valence-corrected chi connectivity index (χ1v) is 11.0. The Morgan fingerprint density at radius 2 is 2.12 bits per heavy atom. The Labute approximate surface area is 192 Å². The first-order chi connectivity index (χ1) is 15.8. The molecule has 3 heterocycles. The minimum atomic E-state index is -0.800. The van der Waals surface area contributed by atoms with Gasteiger partial charge < -0.3 is 15.4 Å². The molecule has 170 valence electrons. The molecule has 1 saturated heterocycles. The molecule has 33 heavy (non-hydrogen) atoms. The molecule has 1 atom stereocenters. The Bertz CT molecular complexity index is 1220. The number of carbonyl (C=O) groups is 2. The zero-order valence-electron chi connectivity index (χ0n) is 18.8. The van der Waals surface area contributed by atoms with Gasteiger partial charge in [-0.3, -0.25) is 14.6 Å². The molecule has 0 saturated carbocycles. The summed E-state index contributed by atoms with van der Waals surface area (Å²) in [5, 5.41) is 11.1. The van der Waals surface area contributed by atoms with Gasteiger partial charge >= 0.3 is 0 Å². The van der Waals surface area contributed by atoms with Crippen molar-refractivity contribution in [1.82, 2.24) is 20.1 Å². The molecule has 0 aliphatic carbocycles. The SMILES string of the molecule is C#CC(C)(C)NC(=O)c1cc(NC(=O)Cc2ccc3cnn(C4CCCCO4)c3c2)ccn1. The number of aromatic nitrogens is 3. The van der Waals surface area contributed by atoms with E-state index in [1.54, 1.807) is 19.9 Å². The van der Waals surface area contributed by atoms with E-state index in [-0.39, 0.29) is 24.2 Å². The lowest BCUT2D eigenvalue weighted by atomic mass is 10.1. The van der Waals surface area contributed by atoms with Crippen molar-refractivity contribution in [1.29, 1.82) is 0 Å². The minimum Gasteiger partial charge on any atom is -0.356 e. The van der Waals surface area contributed by atoms with Crippen LogP contribution in [0.5, 0.6) is 0 Å². The van der Waals surface area contributed by atoms with Gasteiger partial charge in [0, 0.05) is 23.9 Å². The second kappa shape index (κ2) is 9.43. The average molecular weight is 446 g/mol. The van der Waals surface area contributed by atoms with Gasteiger partial charge in [0.25, 0.3) is 5.91 Å². The topological polar surface area (TPSA) is 98.1 Å². The van der Waals surface area contributed by atoms with Crippen molar-refractivity contribution in [3.05, 3.63) is 54.0 Å². The van der Waals surface area contributed by atoms with Gasteiger partial charge in [-0.15, -0.1) is 6.42 Å². The van der Waals surface area contributed by atoms with Gasteiger partial charge in [0.1, 0.15) is 5.69 Å². The molecule has 0 spiro atoms. The van der Waals surface area contributed by atoms with Crippen LogP contribution in [0.3, 0.4) is 0 Å². The zero-order chi connectivity index (χ0) is 23.4. The number of anilines is 1. The van der Waals surface area contributed by atoms with Gasteiger partial charge in [-0.2, -0.15) is 5.10 Å². The Hall–Kier alpha value is -3.70. The first-order valence-electron chi connectivity index (χ1n) is 11.0. The first kappa shape index (κ1) is 22.5. The Morgan fingerprint density at radius 1 is 1.27 bits per heavy atom. The van der Waals surface area contributed by atoms with Crippen molar-refractivity contribution >= 4 is 28.4 Å². The van der Waals surface area contributed by atoms with Crippen LogP contribution in [0.4, 0.5) is 5.69 Å². The van der Waals surface area contributed by atoms with Crippen molar-refractivity contribution in [3.63, 3.8) is 0 Å². The highest BCUT2D eigenvalue weighted by atomic mass is 16.5. The van der Waals surface area contributed by atoms with E-state index in [9.17, 15) is 9.59 Å². The normalized spacial score (nSPS) is 16.2. The van der Waals surface area contributed by atoms with Crippen molar-refractivity contribution < 1.29 is 14.3 Å². The van der Waals surface area contributed by atoms with E-state index >= 15 is 0 Å². The van der Waals surface area contributed by atoms with E-state index in [0.717, 1.165) is 42.3 Å². The van der Waals surface area contributed by atoms with E-state index in [2.05, 4.69) is 26.6 Å². The molecule has 1 aliphatic heterocycles. The fraction of sp³-hybridized carbons (Fsp3) is 0.360. The fourth-order valence-electron chi connectivity index (χ4n) is 3.75. The van der Waals surface area contributed by atoms with Gasteiger partial charge in [-0.1, -0.05) is 18.1 Å². The number of terminal acetylenes is 1. The lowest BCUT2D eigenvalue weighted by Gasteiger charge is -2.23. The van der Waals surface area contributed by atoms with Gasteiger partial charge in [-0.25, -0.2) is 4.68 Å². The fourth-order valence-corrected chi connectivity index (χ4v) is 3.75. The van der Waals surface area contributed by atoms with Crippen molar-refractivity contribution in [2.75, 3.05) is 11.9 Å². The molecule has 2 aromatic heterocycles. The summed E-state index contributed by atoms with van der Waals surface area (Å²) < 4.78 is 7.77. The quantitative estimate of drug-likeness (QED) is 0.567. The summed E-state index contributed by atoms with van der Waals surface area (Å²) in [6.07, 6.45) is 11.9. The lowest BCUT2D eigenvalue weighted by molar-refractivity contribution is -0.115. The maximum absolute atomic E-state index is 12.7. The molecular weight excluding hydrogens is 418 g/mol. The third-order valence-electron chi connectivity index (χ3n) is 5.52. The number of pyridine rings is 1. The average Bonchev–Trinajstić information content (AvgIpc) is 3.23. The zero-order valence-corrected chi connectivity index (χ0v) is 18.8. The number of benzene rings is 1. The van der Waals surface area contributed by atoms with Crippen LogP contribution in [0.15, 0.2) is 42.7 Å². The number of fused-ring (bicyclic) bond motifs is 1. The number of hydrogen-bond donors (Lipinski definition) is 2. The minimum absolute atomic E-state index is 0.0684. The number of hydrogen-bond acceptors (Lipinski definition) is 5. The number of amides is 2. The largest absolute Gasteiger partial charge is 0.356 e. The summed E-state index contributed by atoms with van der Waals surface area (Å²) in [5.74, 6) is 1.90. The monoisotopic (exact) mass is 445 g/mol. The molecule has 8 heteroatoms. The number of nitrogens with one attached hydrogen (secondary N) is 2. The number of rotatable bonds is 6. The summed E-state index contributed by atoms with van der Waals surface area (Å²) in [7, 11) is 0. The molecule has 8 nitrogen and oxygen atoms in total. The van der Waals surface area contributed by atoms with Crippen LogP contribution < -0.4 is 10.6 Å². The smallest absolute Gasteiger partial charge is 0.271 e. The van der Waals surface area contributed by atoms with Crippen LogP contribution >= 0.6 is 0 Å². The number of ether oxygens (including phenoxy) is 1. The summed E-state index contributed by atoms with van der Waals surface area (Å²) in [6.45, 7) is 4.18. The summed E-state index contributed by atoms with van der Waals surface area (Å²) in [4.78, 5) is 29.2. The summed E-state index contributed by atoms with van der Waals surface area (Å²) in [6, 6.07) is 9.03. The molecule has 1 aliphatic rings. The van der Waals surface area contributed by atoms with Crippen LogP contribution in [0.1, 0.15) is 55.4 Å². The number of carbonyl (C=O) groups excluding carboxylic acids is 2. The highest BCUT2D eigenvalue weighted by Crippen LogP contribution is 2.27. The Balaban J connectivity index is 1.45. The van der Waals surface area contributed by atoms with Crippen LogP contribution in [0.25, 0.3) is 10.9 Å². The predicted octanol–water partition coefficient (Wildman–Crippen LogP) is 3.45. The molecule has 0 radical (unpaired) electrons. The van der Waals surface area contributed by atoms with Crippen molar-refractivity contribution in [2.45, 2.75) is 51.3 Å². The summed E-state index contributed by atoms with van der Waals surface area (Å²) >= 11 is 0. The Morgan fingerprint density at radius 3 is 2.88 bits per heavy atom. The summed E-state index contributed by atoms with van der Waals surface area (Å²) in [5.41, 5.74) is 1.67. The van der Waals surface area contributed by atoms with E-state index in [4.69, 9.17) is 11.2 Å². The molecule has 1 aromatic carbocycles. The lowest BCUT2D eigenvalue weighted by Crippen LogP contribution is -2.42. The van der Waals surface area contributed by atoms with Crippen molar-refractivity contribution in [2.24, 2.45) is 0 Å². The number of nitrogens with zero attached hydrogens (tertiary/aromatic N) is 3. The van der Waals surface area contributed by atoms with E-state index in [0.29, 0.717) is 5.69 Å². The molecular formula is C25H27N5O3. The van der Waals surface area contributed by atoms with E-state index in [1.165, 1.54) is 12.3 Å². The molecule has 1 unspecified atom stereocenters. The molecule has 0 bridgehead atoms. The molecule has 1 fully saturated rings. The molecule has 3 aromatic rings. The van der Waals surface area contributed by atoms with Crippen LogP contribution in [0, 0.1) is 12.3 Å².